The van der Waals surface area contributed by atoms with E-state index in [4.69, 9.17) is 0 Å². The van der Waals surface area contributed by atoms with Gasteiger partial charge in [-0.25, -0.2) is 4.52 Å². The highest BCUT2D eigenvalue weighted by atomic mass is 15.3. The predicted molar refractivity (Wildman–Crippen MR) is 73.1 cm³/mol. The first-order valence-electron chi connectivity index (χ1n) is 6.35. The van der Waals surface area contributed by atoms with Gasteiger partial charge in [0, 0.05) is 31.7 Å². The molecule has 3 rings (SSSR count). The van der Waals surface area contributed by atoms with Crippen LogP contribution >= 0.6 is 0 Å². The van der Waals surface area contributed by atoms with Gasteiger partial charge in [-0.3, -0.25) is 4.68 Å². The Labute approximate surface area is 111 Å². The van der Waals surface area contributed by atoms with E-state index >= 15 is 0 Å². The Kier molecular flexibility index (Phi) is 3.14. The standard InChI is InChI=1S/C13H16N6/c1-11-4-9-19-12(10-11)16-13(17-19)14-5-2-7-18-8-3-6-15-18/h3-4,6,8-10H,2,5,7H2,1H3,(H,14,17). The monoisotopic (exact) mass is 256 g/mol. The minimum absolute atomic E-state index is 0.672. The second kappa shape index (κ2) is 5.09. The summed E-state index contributed by atoms with van der Waals surface area (Å²) < 4.78 is 3.70. The van der Waals surface area contributed by atoms with Crippen LogP contribution in [-0.2, 0) is 6.54 Å². The van der Waals surface area contributed by atoms with Crippen LogP contribution in [0.4, 0.5) is 5.95 Å². The van der Waals surface area contributed by atoms with E-state index in [1.54, 1.807) is 10.7 Å². The van der Waals surface area contributed by atoms with Crippen LogP contribution in [0.1, 0.15) is 12.0 Å². The summed E-state index contributed by atoms with van der Waals surface area (Å²) in [6, 6.07) is 5.96. The first-order chi connectivity index (χ1) is 9.31. The summed E-state index contributed by atoms with van der Waals surface area (Å²) in [6.07, 6.45) is 6.66. The molecule has 0 aromatic carbocycles. The smallest absolute Gasteiger partial charge is 0.243 e. The van der Waals surface area contributed by atoms with E-state index in [-0.39, 0.29) is 0 Å². The molecule has 0 aliphatic rings. The fraction of sp³-hybridized carbons (Fsp3) is 0.308. The molecule has 0 saturated heterocycles. The predicted octanol–water partition coefficient (Wildman–Crippen LogP) is 1.74. The van der Waals surface area contributed by atoms with E-state index in [1.807, 2.05) is 42.2 Å². The number of anilines is 1. The molecule has 3 aromatic heterocycles. The van der Waals surface area contributed by atoms with Gasteiger partial charge in [0.15, 0.2) is 5.65 Å². The molecule has 0 aliphatic carbocycles. The number of aromatic nitrogens is 5. The summed E-state index contributed by atoms with van der Waals surface area (Å²) in [4.78, 5) is 4.43. The van der Waals surface area contributed by atoms with E-state index in [1.165, 1.54) is 5.56 Å². The molecule has 6 nitrogen and oxygen atoms in total. The Bertz CT molecular complexity index is 655. The molecule has 0 radical (unpaired) electrons. The SMILES string of the molecule is Cc1ccn2nc(NCCCn3cccn3)nc2c1. The summed E-state index contributed by atoms with van der Waals surface area (Å²) in [6.45, 7) is 3.77. The number of aryl methyl sites for hydroxylation is 2. The first-order valence-corrected chi connectivity index (χ1v) is 6.35. The summed E-state index contributed by atoms with van der Waals surface area (Å²) in [5.74, 6) is 0.672. The third kappa shape index (κ3) is 2.73. The Morgan fingerprint density at radius 1 is 1.32 bits per heavy atom. The summed E-state index contributed by atoms with van der Waals surface area (Å²) in [5.41, 5.74) is 2.06. The number of fused-ring (bicyclic) bond motifs is 1. The Morgan fingerprint density at radius 2 is 2.26 bits per heavy atom. The van der Waals surface area contributed by atoms with Crippen molar-refractivity contribution in [3.8, 4) is 0 Å². The molecule has 3 heterocycles. The molecule has 6 heteroatoms. The van der Waals surface area contributed by atoms with Crippen molar-refractivity contribution in [2.45, 2.75) is 19.9 Å². The Balaban J connectivity index is 1.56. The van der Waals surface area contributed by atoms with E-state index in [0.717, 1.165) is 25.2 Å². The molecular weight excluding hydrogens is 240 g/mol. The molecule has 3 aromatic rings. The molecule has 0 unspecified atom stereocenters. The quantitative estimate of drug-likeness (QED) is 0.706. The molecular formula is C13H16N6. The zero-order chi connectivity index (χ0) is 13.1. The number of hydrogen-bond donors (Lipinski definition) is 1. The Morgan fingerprint density at radius 3 is 3.11 bits per heavy atom. The van der Waals surface area contributed by atoms with Crippen LogP contribution in [0, 0.1) is 6.92 Å². The highest BCUT2D eigenvalue weighted by Crippen LogP contribution is 2.07. The maximum absolute atomic E-state index is 4.43. The van der Waals surface area contributed by atoms with Crippen molar-refractivity contribution in [1.82, 2.24) is 24.4 Å². The number of rotatable bonds is 5. The minimum atomic E-state index is 0.672. The van der Waals surface area contributed by atoms with Crippen LogP contribution in [0.3, 0.4) is 0 Å². The van der Waals surface area contributed by atoms with Crippen LogP contribution in [0.5, 0.6) is 0 Å². The van der Waals surface area contributed by atoms with Gasteiger partial charge in [-0.1, -0.05) is 0 Å². The fourth-order valence-electron chi connectivity index (χ4n) is 1.93. The van der Waals surface area contributed by atoms with Gasteiger partial charge in [-0.15, -0.1) is 5.10 Å². The molecule has 0 bridgehead atoms. The molecule has 0 aliphatic heterocycles. The maximum Gasteiger partial charge on any atom is 0.243 e. The van der Waals surface area contributed by atoms with Gasteiger partial charge < -0.3 is 5.32 Å². The van der Waals surface area contributed by atoms with Crippen molar-refractivity contribution < 1.29 is 0 Å². The lowest BCUT2D eigenvalue weighted by molar-refractivity contribution is 0.591. The van der Waals surface area contributed by atoms with Crippen LogP contribution in [0.15, 0.2) is 36.8 Å². The molecule has 0 atom stereocenters. The van der Waals surface area contributed by atoms with Crippen molar-refractivity contribution in [1.29, 1.82) is 0 Å². The Hall–Kier alpha value is -2.37. The van der Waals surface area contributed by atoms with Gasteiger partial charge in [-0.2, -0.15) is 10.1 Å². The van der Waals surface area contributed by atoms with Gasteiger partial charge in [-0.05, 0) is 37.1 Å². The highest BCUT2D eigenvalue weighted by molar-refractivity contribution is 5.45. The molecule has 0 fully saturated rings. The van der Waals surface area contributed by atoms with Crippen molar-refractivity contribution in [2.75, 3.05) is 11.9 Å². The van der Waals surface area contributed by atoms with Crippen LogP contribution in [0.2, 0.25) is 0 Å². The number of hydrogen-bond acceptors (Lipinski definition) is 4. The van der Waals surface area contributed by atoms with Gasteiger partial charge >= 0.3 is 0 Å². The zero-order valence-corrected chi connectivity index (χ0v) is 10.8. The third-order valence-corrected chi connectivity index (χ3v) is 2.90. The lowest BCUT2D eigenvalue weighted by atomic mass is 10.3. The largest absolute Gasteiger partial charge is 0.353 e. The van der Waals surface area contributed by atoms with Crippen molar-refractivity contribution >= 4 is 11.6 Å². The van der Waals surface area contributed by atoms with Crippen LogP contribution in [-0.4, -0.2) is 30.9 Å². The van der Waals surface area contributed by atoms with Crippen molar-refractivity contribution in [2.24, 2.45) is 0 Å². The normalized spacial score (nSPS) is 11.0. The van der Waals surface area contributed by atoms with Crippen molar-refractivity contribution in [3.63, 3.8) is 0 Å². The second-order valence-corrected chi connectivity index (χ2v) is 4.49. The van der Waals surface area contributed by atoms with Gasteiger partial charge in [0.25, 0.3) is 0 Å². The fourth-order valence-corrected chi connectivity index (χ4v) is 1.93. The number of nitrogens with zero attached hydrogens (tertiary/aromatic N) is 5. The first kappa shape index (κ1) is 11.7. The van der Waals surface area contributed by atoms with Gasteiger partial charge in [0.2, 0.25) is 5.95 Å². The van der Waals surface area contributed by atoms with E-state index in [2.05, 4.69) is 20.5 Å². The third-order valence-electron chi connectivity index (χ3n) is 2.90. The summed E-state index contributed by atoms with van der Waals surface area (Å²) >= 11 is 0. The lowest BCUT2D eigenvalue weighted by Gasteiger charge is -2.01. The highest BCUT2D eigenvalue weighted by Gasteiger charge is 2.02. The van der Waals surface area contributed by atoms with Gasteiger partial charge in [0.1, 0.15) is 0 Å². The van der Waals surface area contributed by atoms with Crippen LogP contribution in [0.25, 0.3) is 5.65 Å². The second-order valence-electron chi connectivity index (χ2n) is 4.49. The van der Waals surface area contributed by atoms with Crippen molar-refractivity contribution in [3.05, 3.63) is 42.4 Å². The van der Waals surface area contributed by atoms with Crippen LogP contribution < -0.4 is 5.32 Å². The topological polar surface area (TPSA) is 60.0 Å². The average molecular weight is 256 g/mol. The van der Waals surface area contributed by atoms with Gasteiger partial charge in [0.05, 0.1) is 0 Å². The minimum Gasteiger partial charge on any atom is -0.353 e. The molecule has 0 spiro atoms. The number of pyridine rings is 1. The van der Waals surface area contributed by atoms with E-state index in [9.17, 15) is 0 Å². The van der Waals surface area contributed by atoms with E-state index < -0.39 is 0 Å². The molecule has 0 amide bonds. The molecule has 1 N–H and O–H groups in total. The maximum atomic E-state index is 4.43. The molecule has 0 saturated carbocycles. The zero-order valence-electron chi connectivity index (χ0n) is 10.8. The average Bonchev–Trinajstić information content (AvgIpc) is 3.02. The molecule has 98 valence electrons. The summed E-state index contributed by atoms with van der Waals surface area (Å²) in [7, 11) is 0. The lowest BCUT2D eigenvalue weighted by Crippen LogP contribution is -2.08. The van der Waals surface area contributed by atoms with E-state index in [0.29, 0.717) is 5.95 Å². The number of nitrogens with one attached hydrogen (secondary N) is 1. The summed E-state index contributed by atoms with van der Waals surface area (Å²) in [5, 5.41) is 11.8. The molecule has 19 heavy (non-hydrogen) atoms.